The number of rotatable bonds is 3. The van der Waals surface area contributed by atoms with Gasteiger partial charge < -0.3 is 10.2 Å². The average molecular weight is 234 g/mol. The molecule has 0 bridgehead atoms. The number of hydrogen-bond acceptors (Lipinski definition) is 4. The van der Waals surface area contributed by atoms with E-state index in [1.54, 1.807) is 0 Å². The van der Waals surface area contributed by atoms with Gasteiger partial charge in [0.15, 0.2) is 0 Å². The number of hydrogen-bond donors (Lipinski definition) is 1. The Labute approximate surface area is 103 Å². The maximum Gasteiger partial charge on any atom is 0.224 e. The number of aromatic nitrogens is 2. The van der Waals surface area contributed by atoms with Crippen LogP contribution in [0.25, 0.3) is 0 Å². The van der Waals surface area contributed by atoms with Gasteiger partial charge in [-0.15, -0.1) is 0 Å². The van der Waals surface area contributed by atoms with Crippen LogP contribution < -0.4 is 10.2 Å². The van der Waals surface area contributed by atoms with Crippen molar-refractivity contribution in [1.82, 2.24) is 9.97 Å². The van der Waals surface area contributed by atoms with Gasteiger partial charge in [-0.25, -0.2) is 4.98 Å². The standard InChI is InChI=1S/C13H22N4/c1-2-14-13-15-9-8-12(16-13)17-10-6-4-3-5-7-11-17/h8-9H,2-7,10-11H2,1H3,(H,14,15,16). The molecule has 1 saturated heterocycles. The van der Waals surface area contributed by atoms with Gasteiger partial charge in [0, 0.05) is 25.8 Å². The zero-order valence-corrected chi connectivity index (χ0v) is 10.7. The van der Waals surface area contributed by atoms with Crippen molar-refractivity contribution in [2.75, 3.05) is 29.9 Å². The van der Waals surface area contributed by atoms with Crippen LogP contribution in [-0.4, -0.2) is 29.6 Å². The normalized spacial score (nSPS) is 17.4. The van der Waals surface area contributed by atoms with E-state index in [-0.39, 0.29) is 0 Å². The average Bonchev–Trinajstić information content (AvgIpc) is 2.29. The molecule has 0 atom stereocenters. The number of nitrogens with one attached hydrogen (secondary N) is 1. The minimum Gasteiger partial charge on any atom is -0.356 e. The van der Waals surface area contributed by atoms with Crippen LogP contribution in [0.4, 0.5) is 11.8 Å². The second kappa shape index (κ2) is 6.42. The molecule has 0 aromatic carbocycles. The molecule has 1 fully saturated rings. The third kappa shape index (κ3) is 3.58. The molecule has 1 aromatic rings. The van der Waals surface area contributed by atoms with Crippen molar-refractivity contribution in [1.29, 1.82) is 0 Å². The van der Waals surface area contributed by atoms with E-state index >= 15 is 0 Å². The van der Waals surface area contributed by atoms with Gasteiger partial charge in [0.25, 0.3) is 0 Å². The Morgan fingerprint density at radius 2 is 1.88 bits per heavy atom. The molecule has 94 valence electrons. The molecular weight excluding hydrogens is 212 g/mol. The minimum absolute atomic E-state index is 0.743. The predicted molar refractivity (Wildman–Crippen MR) is 71.5 cm³/mol. The maximum absolute atomic E-state index is 4.56. The van der Waals surface area contributed by atoms with Gasteiger partial charge in [0.1, 0.15) is 5.82 Å². The van der Waals surface area contributed by atoms with Crippen LogP contribution in [0.5, 0.6) is 0 Å². The lowest BCUT2D eigenvalue weighted by molar-refractivity contribution is 0.553. The van der Waals surface area contributed by atoms with E-state index in [0.29, 0.717) is 0 Å². The van der Waals surface area contributed by atoms with Crippen molar-refractivity contribution in [3.63, 3.8) is 0 Å². The van der Waals surface area contributed by atoms with E-state index in [2.05, 4.69) is 27.1 Å². The highest BCUT2D eigenvalue weighted by Crippen LogP contribution is 2.17. The third-order valence-electron chi connectivity index (χ3n) is 3.16. The Morgan fingerprint density at radius 1 is 1.18 bits per heavy atom. The number of anilines is 2. The van der Waals surface area contributed by atoms with Crippen LogP contribution in [0, 0.1) is 0 Å². The van der Waals surface area contributed by atoms with Crippen molar-refractivity contribution in [3.8, 4) is 0 Å². The Hall–Kier alpha value is -1.32. The summed E-state index contributed by atoms with van der Waals surface area (Å²) in [5.74, 6) is 1.81. The zero-order chi connectivity index (χ0) is 11.9. The Balaban J connectivity index is 2.05. The molecule has 1 N–H and O–H groups in total. The summed E-state index contributed by atoms with van der Waals surface area (Å²) in [6.07, 6.45) is 8.49. The van der Waals surface area contributed by atoms with Crippen molar-refractivity contribution in [2.45, 2.75) is 39.0 Å². The summed E-state index contributed by atoms with van der Waals surface area (Å²) < 4.78 is 0. The zero-order valence-electron chi connectivity index (χ0n) is 10.7. The monoisotopic (exact) mass is 234 g/mol. The van der Waals surface area contributed by atoms with E-state index in [1.165, 1.54) is 32.1 Å². The van der Waals surface area contributed by atoms with Crippen molar-refractivity contribution in [3.05, 3.63) is 12.3 Å². The molecule has 1 aliphatic rings. The van der Waals surface area contributed by atoms with Crippen LogP contribution in [0.2, 0.25) is 0 Å². The first-order valence-electron chi connectivity index (χ1n) is 6.72. The van der Waals surface area contributed by atoms with E-state index < -0.39 is 0 Å². The molecule has 4 nitrogen and oxygen atoms in total. The van der Waals surface area contributed by atoms with Crippen molar-refractivity contribution >= 4 is 11.8 Å². The SMILES string of the molecule is CCNc1nccc(N2CCCCCCC2)n1. The lowest BCUT2D eigenvalue weighted by atomic mass is 10.1. The molecule has 0 saturated carbocycles. The predicted octanol–water partition coefficient (Wildman–Crippen LogP) is 2.68. The van der Waals surface area contributed by atoms with Gasteiger partial charge in [0.2, 0.25) is 5.95 Å². The second-order valence-electron chi connectivity index (χ2n) is 4.52. The molecule has 2 heterocycles. The van der Waals surface area contributed by atoms with Gasteiger partial charge in [-0.1, -0.05) is 19.3 Å². The molecule has 17 heavy (non-hydrogen) atoms. The number of nitrogens with zero attached hydrogens (tertiary/aromatic N) is 3. The maximum atomic E-state index is 4.56. The van der Waals surface area contributed by atoms with Crippen molar-refractivity contribution < 1.29 is 0 Å². The summed E-state index contributed by atoms with van der Waals surface area (Å²) in [5.41, 5.74) is 0. The van der Waals surface area contributed by atoms with E-state index in [0.717, 1.165) is 31.4 Å². The molecule has 0 spiro atoms. The van der Waals surface area contributed by atoms with Crippen LogP contribution in [0.3, 0.4) is 0 Å². The highest BCUT2D eigenvalue weighted by molar-refractivity contribution is 5.42. The van der Waals surface area contributed by atoms with Crippen LogP contribution in [0.1, 0.15) is 39.0 Å². The van der Waals surface area contributed by atoms with Gasteiger partial charge in [-0.3, -0.25) is 0 Å². The van der Waals surface area contributed by atoms with Gasteiger partial charge in [-0.05, 0) is 25.8 Å². The summed E-state index contributed by atoms with van der Waals surface area (Å²) in [6.45, 7) is 5.18. The molecule has 0 unspecified atom stereocenters. The summed E-state index contributed by atoms with van der Waals surface area (Å²) in [4.78, 5) is 11.2. The Kier molecular flexibility index (Phi) is 4.59. The van der Waals surface area contributed by atoms with Crippen LogP contribution in [-0.2, 0) is 0 Å². The molecule has 0 aliphatic carbocycles. The summed E-state index contributed by atoms with van der Waals surface area (Å²) >= 11 is 0. The largest absolute Gasteiger partial charge is 0.356 e. The summed E-state index contributed by atoms with van der Waals surface area (Å²) in [7, 11) is 0. The molecule has 2 rings (SSSR count). The fourth-order valence-corrected chi connectivity index (χ4v) is 2.25. The fourth-order valence-electron chi connectivity index (χ4n) is 2.25. The smallest absolute Gasteiger partial charge is 0.224 e. The first-order chi connectivity index (χ1) is 8.40. The Bertz CT molecular complexity index is 332. The summed E-state index contributed by atoms with van der Waals surface area (Å²) in [6, 6.07) is 2.02. The lowest BCUT2D eigenvalue weighted by Crippen LogP contribution is -2.28. The van der Waals surface area contributed by atoms with Crippen molar-refractivity contribution in [2.24, 2.45) is 0 Å². The third-order valence-corrected chi connectivity index (χ3v) is 3.16. The first kappa shape index (κ1) is 12.1. The van der Waals surface area contributed by atoms with Crippen LogP contribution in [0.15, 0.2) is 12.3 Å². The molecule has 4 heteroatoms. The highest BCUT2D eigenvalue weighted by Gasteiger charge is 2.10. The van der Waals surface area contributed by atoms with E-state index in [4.69, 9.17) is 0 Å². The van der Waals surface area contributed by atoms with Gasteiger partial charge >= 0.3 is 0 Å². The molecule has 1 aromatic heterocycles. The first-order valence-corrected chi connectivity index (χ1v) is 6.72. The molecular formula is C13H22N4. The minimum atomic E-state index is 0.743. The topological polar surface area (TPSA) is 41.1 Å². The summed E-state index contributed by atoms with van der Waals surface area (Å²) in [5, 5.41) is 3.17. The second-order valence-corrected chi connectivity index (χ2v) is 4.52. The quantitative estimate of drug-likeness (QED) is 0.873. The van der Waals surface area contributed by atoms with Gasteiger partial charge in [0.05, 0.1) is 0 Å². The van der Waals surface area contributed by atoms with E-state index in [1.807, 2.05) is 12.3 Å². The Morgan fingerprint density at radius 3 is 2.59 bits per heavy atom. The molecule has 1 aliphatic heterocycles. The molecule has 0 amide bonds. The van der Waals surface area contributed by atoms with Crippen LogP contribution >= 0.6 is 0 Å². The van der Waals surface area contributed by atoms with Gasteiger partial charge in [-0.2, -0.15) is 4.98 Å². The lowest BCUT2D eigenvalue weighted by Gasteiger charge is -2.25. The molecule has 0 radical (unpaired) electrons. The fraction of sp³-hybridized carbons (Fsp3) is 0.692. The highest BCUT2D eigenvalue weighted by atomic mass is 15.2. The van der Waals surface area contributed by atoms with E-state index in [9.17, 15) is 0 Å².